The lowest BCUT2D eigenvalue weighted by atomic mass is 9.88. The number of fused-ring (bicyclic) bond motifs is 1. The van der Waals surface area contributed by atoms with Gasteiger partial charge in [-0.3, -0.25) is 14.4 Å². The number of carbonyl (C=O) groups excluding carboxylic acids is 3. The van der Waals surface area contributed by atoms with Crippen molar-refractivity contribution in [1.82, 2.24) is 25.1 Å². The average Bonchev–Trinajstić information content (AvgIpc) is 3.39. The van der Waals surface area contributed by atoms with E-state index in [2.05, 4.69) is 44.9 Å². The molecule has 39 heavy (non-hydrogen) atoms. The maximum absolute atomic E-state index is 11.4. The van der Waals surface area contributed by atoms with Gasteiger partial charge < -0.3 is 26.2 Å². The summed E-state index contributed by atoms with van der Waals surface area (Å²) < 4.78 is 0. The molecule has 1 aliphatic carbocycles. The fourth-order valence-electron chi connectivity index (χ4n) is 3.89. The van der Waals surface area contributed by atoms with E-state index < -0.39 is 0 Å². The van der Waals surface area contributed by atoms with Crippen LogP contribution in [0.25, 0.3) is 0 Å². The fraction of sp³-hybridized carbons (Fsp3) is 0.519. The zero-order chi connectivity index (χ0) is 29.4. The molecule has 10 nitrogen and oxygen atoms in total. The largest absolute Gasteiger partial charge is 0.353 e. The molecule has 0 bridgehead atoms. The number of allylic oxidation sites excluding steroid dienone is 1. The minimum atomic E-state index is -0.0768. The van der Waals surface area contributed by atoms with Gasteiger partial charge in [-0.1, -0.05) is 37.4 Å². The highest BCUT2D eigenvalue weighted by Crippen LogP contribution is 2.25. The molecule has 2 aromatic heterocycles. The van der Waals surface area contributed by atoms with Crippen molar-refractivity contribution >= 4 is 46.9 Å². The van der Waals surface area contributed by atoms with Gasteiger partial charge in [-0.2, -0.15) is 0 Å². The molecule has 1 fully saturated rings. The minimum Gasteiger partial charge on any atom is -0.353 e. The number of rotatable bonds is 5. The maximum atomic E-state index is 11.4. The first-order valence-electron chi connectivity index (χ1n) is 12.8. The monoisotopic (exact) mass is 579 g/mol. The van der Waals surface area contributed by atoms with Gasteiger partial charge in [-0.05, 0) is 39.1 Å². The van der Waals surface area contributed by atoms with Crippen LogP contribution in [0.3, 0.4) is 0 Å². The van der Waals surface area contributed by atoms with E-state index in [4.69, 9.17) is 11.6 Å². The number of nitrogens with one attached hydrogen (secondary N) is 2. The van der Waals surface area contributed by atoms with Crippen LogP contribution >= 0.6 is 22.9 Å². The third-order valence-corrected chi connectivity index (χ3v) is 7.20. The van der Waals surface area contributed by atoms with E-state index in [1.54, 1.807) is 24.1 Å². The molecule has 4 rings (SSSR count). The molecular weight excluding hydrogens is 538 g/mol. The second-order valence-corrected chi connectivity index (χ2v) is 10.7. The molecule has 2 amide bonds. The Bertz CT molecular complexity index is 1050. The second-order valence-electron chi connectivity index (χ2n) is 9.15. The van der Waals surface area contributed by atoms with E-state index in [0.29, 0.717) is 34.0 Å². The summed E-state index contributed by atoms with van der Waals surface area (Å²) in [6.07, 6.45) is 9.08. The summed E-state index contributed by atoms with van der Waals surface area (Å²) in [6, 6.07) is 3.34. The van der Waals surface area contributed by atoms with Crippen molar-refractivity contribution in [2.24, 2.45) is 11.7 Å². The van der Waals surface area contributed by atoms with Crippen LogP contribution in [-0.2, 0) is 22.6 Å². The first-order chi connectivity index (χ1) is 18.6. The Kier molecular flexibility index (Phi) is 16.1. The minimum absolute atomic E-state index is 0.0768. The van der Waals surface area contributed by atoms with Crippen LogP contribution in [0.5, 0.6) is 0 Å². The third kappa shape index (κ3) is 12.2. The van der Waals surface area contributed by atoms with E-state index in [0.717, 1.165) is 38.0 Å². The molecule has 1 aliphatic heterocycles. The Morgan fingerprint density at radius 2 is 1.90 bits per heavy atom. The van der Waals surface area contributed by atoms with E-state index in [9.17, 15) is 14.4 Å². The van der Waals surface area contributed by atoms with Crippen molar-refractivity contribution in [3.8, 4) is 0 Å². The molecular formula is C27H42ClN7O3S. The average molecular weight is 580 g/mol. The molecule has 4 N–H and O–H groups in total. The molecule has 0 radical (unpaired) electrons. The van der Waals surface area contributed by atoms with Gasteiger partial charge in [0.25, 0.3) is 5.91 Å². The van der Waals surface area contributed by atoms with E-state index in [-0.39, 0.29) is 11.6 Å². The topological polar surface area (TPSA) is 134 Å². The van der Waals surface area contributed by atoms with Crippen molar-refractivity contribution in [2.75, 3.05) is 47.1 Å². The predicted molar refractivity (Wildman–Crippen MR) is 159 cm³/mol. The Morgan fingerprint density at radius 1 is 1.23 bits per heavy atom. The number of aromatic nitrogens is 2. The Balaban J connectivity index is 0.000000286. The Morgan fingerprint density at radius 3 is 2.44 bits per heavy atom. The van der Waals surface area contributed by atoms with E-state index in [1.807, 2.05) is 14.1 Å². The SMILES string of the molecule is C=C(C=O)Nc1ccc(Cl)cn1.CN.CN(C)C(=O)C1CCCCC1.CNC(=O)c1nc2c(s1)CN(C)CC2. The molecule has 216 valence electrons. The fourth-order valence-corrected chi connectivity index (χ4v) is 5.13. The summed E-state index contributed by atoms with van der Waals surface area (Å²) in [5, 5.41) is 6.43. The van der Waals surface area contributed by atoms with Crippen molar-refractivity contribution in [2.45, 2.75) is 45.1 Å². The standard InChI is InChI=1S/C9H13N3OS.C9H17NO.C8H7ClN2O.CH5N/c1-10-8(13)9-11-6-3-4-12(2)5-7(6)14-9;1-10(2)9(11)8-6-4-3-5-7-8;1-6(5-12)11-8-3-2-7(9)4-10-8;1-2/h3-5H2,1-2H3,(H,10,13);8H,3-7H2,1-2H3;2-5H,1H2,(H,10,11);2H2,1H3. The van der Waals surface area contributed by atoms with Crippen LogP contribution in [0.2, 0.25) is 5.02 Å². The van der Waals surface area contributed by atoms with Gasteiger partial charge in [0.05, 0.1) is 16.4 Å². The van der Waals surface area contributed by atoms with Crippen LogP contribution in [0.15, 0.2) is 30.6 Å². The van der Waals surface area contributed by atoms with Gasteiger partial charge in [0.15, 0.2) is 11.3 Å². The highest BCUT2D eigenvalue weighted by molar-refractivity contribution is 7.13. The number of carbonyl (C=O) groups is 3. The summed E-state index contributed by atoms with van der Waals surface area (Å²) in [6.45, 7) is 5.39. The predicted octanol–water partition coefficient (Wildman–Crippen LogP) is 3.58. The summed E-state index contributed by atoms with van der Waals surface area (Å²) in [4.78, 5) is 46.4. The molecule has 0 unspecified atom stereocenters. The van der Waals surface area contributed by atoms with Gasteiger partial charge in [-0.15, -0.1) is 11.3 Å². The van der Waals surface area contributed by atoms with Gasteiger partial charge in [-0.25, -0.2) is 9.97 Å². The molecule has 2 aliphatic rings. The number of nitrogens with zero attached hydrogens (tertiary/aromatic N) is 4. The number of amides is 2. The summed E-state index contributed by atoms with van der Waals surface area (Å²) in [7, 11) is 8.91. The molecule has 0 atom stereocenters. The zero-order valence-corrected chi connectivity index (χ0v) is 25.2. The number of halogens is 1. The van der Waals surface area contributed by atoms with E-state index >= 15 is 0 Å². The molecule has 1 saturated carbocycles. The van der Waals surface area contributed by atoms with E-state index in [1.165, 1.54) is 48.7 Å². The van der Waals surface area contributed by atoms with Crippen LogP contribution in [0.1, 0.15) is 52.5 Å². The molecule has 0 spiro atoms. The molecule has 12 heteroatoms. The van der Waals surface area contributed by atoms with Crippen molar-refractivity contribution in [3.05, 3.63) is 51.2 Å². The van der Waals surface area contributed by atoms with Crippen molar-refractivity contribution < 1.29 is 14.4 Å². The first kappa shape index (κ1) is 34.2. The Hall–Kier alpha value is -2.86. The number of pyridine rings is 1. The molecule has 0 aromatic carbocycles. The summed E-state index contributed by atoms with van der Waals surface area (Å²) in [5.74, 6) is 1.13. The van der Waals surface area contributed by atoms with Gasteiger partial charge in [0, 0.05) is 57.6 Å². The van der Waals surface area contributed by atoms with Crippen LogP contribution in [0, 0.1) is 5.92 Å². The number of thiazole rings is 1. The second kappa shape index (κ2) is 18.4. The lowest BCUT2D eigenvalue weighted by Gasteiger charge is -2.23. The molecule has 0 saturated heterocycles. The molecule has 2 aromatic rings. The van der Waals surface area contributed by atoms with Gasteiger partial charge in [0.2, 0.25) is 5.91 Å². The van der Waals surface area contributed by atoms with Gasteiger partial charge in [0.1, 0.15) is 5.82 Å². The highest BCUT2D eigenvalue weighted by atomic mass is 35.5. The number of hydrogen-bond acceptors (Lipinski definition) is 9. The third-order valence-electron chi connectivity index (χ3n) is 5.90. The number of aldehydes is 1. The maximum Gasteiger partial charge on any atom is 0.280 e. The van der Waals surface area contributed by atoms with Crippen molar-refractivity contribution in [1.29, 1.82) is 0 Å². The lowest BCUT2D eigenvalue weighted by Crippen LogP contribution is -2.30. The Labute approximate surface area is 241 Å². The quantitative estimate of drug-likeness (QED) is 0.361. The smallest absolute Gasteiger partial charge is 0.280 e. The zero-order valence-electron chi connectivity index (χ0n) is 23.6. The van der Waals surface area contributed by atoms with Crippen LogP contribution < -0.4 is 16.4 Å². The van der Waals surface area contributed by atoms with Crippen LogP contribution in [-0.4, -0.2) is 79.7 Å². The molecule has 3 heterocycles. The van der Waals surface area contributed by atoms with Crippen LogP contribution in [0.4, 0.5) is 5.82 Å². The number of anilines is 1. The summed E-state index contributed by atoms with van der Waals surface area (Å²) in [5.41, 5.74) is 5.87. The van der Waals surface area contributed by atoms with Gasteiger partial charge >= 0.3 is 0 Å². The van der Waals surface area contributed by atoms with Crippen molar-refractivity contribution in [3.63, 3.8) is 0 Å². The number of hydrogen-bond donors (Lipinski definition) is 3. The summed E-state index contributed by atoms with van der Waals surface area (Å²) >= 11 is 7.11. The lowest BCUT2D eigenvalue weighted by molar-refractivity contribution is -0.133. The normalized spacial score (nSPS) is 14.4. The number of nitrogens with two attached hydrogens (primary N) is 1. The first-order valence-corrected chi connectivity index (χ1v) is 14.0. The number of likely N-dealkylation sites (N-methyl/N-ethyl adjacent to an activating group) is 1. The highest BCUT2D eigenvalue weighted by Gasteiger charge is 2.22.